The van der Waals surface area contributed by atoms with Crippen LogP contribution in [-0.2, 0) is 0 Å². The van der Waals surface area contributed by atoms with Gasteiger partial charge in [-0.05, 0) is 45.5 Å². The van der Waals surface area contributed by atoms with Gasteiger partial charge >= 0.3 is 0 Å². The van der Waals surface area contributed by atoms with Gasteiger partial charge in [0.1, 0.15) is 0 Å². The van der Waals surface area contributed by atoms with E-state index in [9.17, 15) is 9.59 Å². The molecular formula is C26H14O2. The van der Waals surface area contributed by atoms with Crippen molar-refractivity contribution < 1.29 is 9.59 Å². The Morgan fingerprint density at radius 2 is 0.714 bits per heavy atom. The van der Waals surface area contributed by atoms with Gasteiger partial charge in [0, 0.05) is 22.3 Å². The summed E-state index contributed by atoms with van der Waals surface area (Å²) in [7, 11) is 0. The first-order chi connectivity index (χ1) is 13.7. The second kappa shape index (κ2) is 5.37. The Kier molecular flexibility index (Phi) is 2.93. The average molecular weight is 358 g/mol. The molecular weight excluding hydrogens is 344 g/mol. The van der Waals surface area contributed by atoms with E-state index in [4.69, 9.17) is 0 Å². The summed E-state index contributed by atoms with van der Waals surface area (Å²) in [6, 6.07) is 27.4. The van der Waals surface area contributed by atoms with Crippen molar-refractivity contribution in [3.05, 3.63) is 107 Å². The van der Waals surface area contributed by atoms with Gasteiger partial charge < -0.3 is 0 Å². The summed E-state index contributed by atoms with van der Waals surface area (Å²) in [5.74, 6) is 0.134. The van der Waals surface area contributed by atoms with Gasteiger partial charge in [-0.25, -0.2) is 0 Å². The Hall–Kier alpha value is -3.78. The number of carbonyl (C=O) groups is 2. The third-order valence-electron chi connectivity index (χ3n) is 5.79. The summed E-state index contributed by atoms with van der Waals surface area (Å²) in [4.78, 5) is 25.6. The van der Waals surface area contributed by atoms with Gasteiger partial charge in [-0.3, -0.25) is 9.59 Å². The molecule has 0 unspecified atom stereocenters. The fourth-order valence-corrected chi connectivity index (χ4v) is 4.42. The van der Waals surface area contributed by atoms with Crippen LogP contribution in [-0.4, -0.2) is 11.6 Å². The highest BCUT2D eigenvalue weighted by Crippen LogP contribution is 2.41. The molecule has 2 nitrogen and oxygen atoms in total. The largest absolute Gasteiger partial charge is 0.289 e. The van der Waals surface area contributed by atoms with Crippen LogP contribution in [0.2, 0.25) is 0 Å². The number of ketones is 2. The maximum absolute atomic E-state index is 12.8. The van der Waals surface area contributed by atoms with Crippen LogP contribution in [0.5, 0.6) is 0 Å². The first-order valence-corrected chi connectivity index (χ1v) is 9.29. The van der Waals surface area contributed by atoms with Gasteiger partial charge in [0.25, 0.3) is 0 Å². The van der Waals surface area contributed by atoms with Crippen LogP contribution in [0, 0.1) is 0 Å². The van der Waals surface area contributed by atoms with E-state index in [1.165, 1.54) is 0 Å². The average Bonchev–Trinajstić information content (AvgIpc) is 3.20. The summed E-state index contributed by atoms with van der Waals surface area (Å²) in [5.41, 5.74) is 8.83. The minimum Gasteiger partial charge on any atom is -0.289 e. The number of rotatable bonds is 1. The van der Waals surface area contributed by atoms with E-state index in [0.29, 0.717) is 0 Å². The monoisotopic (exact) mass is 358 g/mol. The molecule has 0 spiro atoms. The van der Waals surface area contributed by atoms with Crippen molar-refractivity contribution in [3.8, 4) is 33.4 Å². The van der Waals surface area contributed by atoms with Crippen molar-refractivity contribution in [3.63, 3.8) is 0 Å². The van der Waals surface area contributed by atoms with E-state index in [-0.39, 0.29) is 11.6 Å². The van der Waals surface area contributed by atoms with Crippen LogP contribution >= 0.6 is 0 Å². The van der Waals surface area contributed by atoms with E-state index >= 15 is 0 Å². The lowest BCUT2D eigenvalue weighted by atomic mass is 9.96. The van der Waals surface area contributed by atoms with Crippen LogP contribution in [0.1, 0.15) is 31.8 Å². The van der Waals surface area contributed by atoms with Gasteiger partial charge in [-0.1, -0.05) is 72.8 Å². The van der Waals surface area contributed by atoms with Crippen molar-refractivity contribution in [1.82, 2.24) is 0 Å². The molecule has 2 heteroatoms. The molecule has 28 heavy (non-hydrogen) atoms. The maximum Gasteiger partial charge on any atom is 0.194 e. The zero-order chi connectivity index (χ0) is 18.8. The van der Waals surface area contributed by atoms with Crippen LogP contribution in [0.25, 0.3) is 33.4 Å². The minimum atomic E-state index is 0.0668. The zero-order valence-electron chi connectivity index (χ0n) is 14.9. The summed E-state index contributed by atoms with van der Waals surface area (Å²) in [6.45, 7) is 0. The van der Waals surface area contributed by atoms with Crippen LogP contribution in [0.3, 0.4) is 0 Å². The predicted molar refractivity (Wildman–Crippen MR) is 110 cm³/mol. The summed E-state index contributed by atoms with van der Waals surface area (Å²) in [6.07, 6.45) is 0. The molecule has 4 aromatic rings. The molecule has 0 aliphatic heterocycles. The first kappa shape index (κ1) is 15.3. The molecule has 0 saturated heterocycles. The normalized spacial score (nSPS) is 13.1. The van der Waals surface area contributed by atoms with Crippen LogP contribution in [0.4, 0.5) is 0 Å². The van der Waals surface area contributed by atoms with Crippen molar-refractivity contribution in [2.24, 2.45) is 0 Å². The van der Waals surface area contributed by atoms with Gasteiger partial charge in [0.15, 0.2) is 11.6 Å². The third kappa shape index (κ3) is 1.92. The fourth-order valence-electron chi connectivity index (χ4n) is 4.42. The Bertz CT molecular complexity index is 1240. The summed E-state index contributed by atoms with van der Waals surface area (Å²) < 4.78 is 0. The van der Waals surface area contributed by atoms with Gasteiger partial charge in [0.05, 0.1) is 0 Å². The highest BCUT2D eigenvalue weighted by atomic mass is 16.1. The molecule has 0 atom stereocenters. The molecule has 0 radical (unpaired) electrons. The highest BCUT2D eigenvalue weighted by molar-refractivity contribution is 6.23. The quantitative estimate of drug-likeness (QED) is 0.373. The van der Waals surface area contributed by atoms with Gasteiger partial charge in [0.2, 0.25) is 0 Å². The van der Waals surface area contributed by atoms with E-state index in [1.54, 1.807) is 0 Å². The number of benzene rings is 4. The lowest BCUT2D eigenvalue weighted by Crippen LogP contribution is -1.96. The fraction of sp³-hybridized carbons (Fsp3) is 0. The topological polar surface area (TPSA) is 34.1 Å². The van der Waals surface area contributed by atoms with Gasteiger partial charge in [-0.2, -0.15) is 0 Å². The van der Waals surface area contributed by atoms with E-state index in [2.05, 4.69) is 0 Å². The van der Waals surface area contributed by atoms with E-state index in [0.717, 1.165) is 55.6 Å². The molecule has 0 heterocycles. The maximum atomic E-state index is 12.8. The Labute approximate surface area is 162 Å². The number of hydrogen-bond donors (Lipinski definition) is 0. The molecule has 0 bridgehead atoms. The zero-order valence-corrected chi connectivity index (χ0v) is 14.9. The standard InChI is InChI=1S/C26H14O2/c27-25-21-7-3-1-5-17(21)19-11-9-15(13-23(19)25)16-10-12-20-18-6-2-4-8-22(18)26(28)24(20)14-16/h1-14H. The lowest BCUT2D eigenvalue weighted by Gasteiger charge is -2.07. The lowest BCUT2D eigenvalue weighted by molar-refractivity contribution is 0.103. The highest BCUT2D eigenvalue weighted by Gasteiger charge is 2.28. The van der Waals surface area contributed by atoms with Crippen molar-refractivity contribution >= 4 is 11.6 Å². The summed E-state index contributed by atoms with van der Waals surface area (Å²) >= 11 is 0. The molecule has 2 aliphatic rings. The third-order valence-corrected chi connectivity index (χ3v) is 5.79. The van der Waals surface area contributed by atoms with Crippen LogP contribution < -0.4 is 0 Å². The molecule has 4 aromatic carbocycles. The molecule has 6 rings (SSSR count). The minimum absolute atomic E-state index is 0.0668. The Morgan fingerprint density at radius 1 is 0.357 bits per heavy atom. The number of fused-ring (bicyclic) bond motifs is 6. The molecule has 0 fully saturated rings. The molecule has 0 N–H and O–H groups in total. The number of carbonyl (C=O) groups excluding carboxylic acids is 2. The van der Waals surface area contributed by atoms with Crippen LogP contribution in [0.15, 0.2) is 84.9 Å². The van der Waals surface area contributed by atoms with Gasteiger partial charge in [-0.15, -0.1) is 0 Å². The molecule has 2 aliphatic carbocycles. The SMILES string of the molecule is O=C1c2ccccc2-c2ccc(-c3ccc4c(c3)C(=O)c3ccccc3-4)cc21. The Morgan fingerprint density at radius 3 is 1.14 bits per heavy atom. The molecule has 0 amide bonds. The molecule has 0 aromatic heterocycles. The van der Waals surface area contributed by atoms with Crippen molar-refractivity contribution in [2.75, 3.05) is 0 Å². The van der Waals surface area contributed by atoms with Crippen molar-refractivity contribution in [1.29, 1.82) is 0 Å². The predicted octanol–water partition coefficient (Wildman–Crippen LogP) is 5.78. The Balaban J connectivity index is 1.48. The molecule has 0 saturated carbocycles. The summed E-state index contributed by atoms with van der Waals surface area (Å²) in [5, 5.41) is 0. The second-order valence-corrected chi connectivity index (χ2v) is 7.27. The molecule has 130 valence electrons. The second-order valence-electron chi connectivity index (χ2n) is 7.27. The first-order valence-electron chi connectivity index (χ1n) is 9.29. The van der Waals surface area contributed by atoms with E-state index < -0.39 is 0 Å². The van der Waals surface area contributed by atoms with Crippen molar-refractivity contribution in [2.45, 2.75) is 0 Å². The number of hydrogen-bond acceptors (Lipinski definition) is 2. The smallest absolute Gasteiger partial charge is 0.194 e. The van der Waals surface area contributed by atoms with E-state index in [1.807, 2.05) is 84.9 Å².